The summed E-state index contributed by atoms with van der Waals surface area (Å²) >= 11 is 0. The van der Waals surface area contributed by atoms with Crippen molar-refractivity contribution in [1.29, 1.82) is 0 Å². The van der Waals surface area contributed by atoms with Crippen LogP contribution >= 0.6 is 0 Å². The molecule has 0 aromatic carbocycles. The number of nitrogens with zero attached hydrogens (tertiary/aromatic N) is 1. The van der Waals surface area contributed by atoms with E-state index < -0.39 is 0 Å². The van der Waals surface area contributed by atoms with Crippen molar-refractivity contribution in [3.8, 4) is 0 Å². The molecule has 4 heteroatoms. The van der Waals surface area contributed by atoms with Gasteiger partial charge in [0.15, 0.2) is 6.34 Å². The maximum absolute atomic E-state index is 8.07. The SMILES string of the molecule is C1=C[NH2+]C=N1.CCCCO.[Cl-]. The number of hydrogen-bond acceptors (Lipinski definition) is 2. The first-order chi connectivity index (χ1) is 4.91. The van der Waals surface area contributed by atoms with Crippen LogP contribution in [0.15, 0.2) is 17.4 Å². The zero-order valence-corrected chi connectivity index (χ0v) is 7.46. The molecule has 0 atom stereocenters. The highest BCUT2D eigenvalue weighted by atomic mass is 35.5. The molecule has 3 N–H and O–H groups in total. The molecule has 1 aliphatic rings. The summed E-state index contributed by atoms with van der Waals surface area (Å²) in [6, 6.07) is 0. The largest absolute Gasteiger partial charge is 1.00 e. The van der Waals surface area contributed by atoms with Crippen LogP contribution in [0.2, 0.25) is 0 Å². The number of rotatable bonds is 2. The minimum Gasteiger partial charge on any atom is -1.00 e. The van der Waals surface area contributed by atoms with Gasteiger partial charge in [-0.25, -0.2) is 4.99 Å². The van der Waals surface area contributed by atoms with Crippen LogP contribution in [0.1, 0.15) is 19.8 Å². The monoisotopic (exact) mass is 178 g/mol. The average Bonchev–Trinajstić information content (AvgIpc) is 2.44. The van der Waals surface area contributed by atoms with Crippen molar-refractivity contribution in [3.63, 3.8) is 0 Å². The van der Waals surface area contributed by atoms with Crippen LogP contribution in [0.4, 0.5) is 0 Å². The maximum atomic E-state index is 8.07. The van der Waals surface area contributed by atoms with Gasteiger partial charge < -0.3 is 17.5 Å². The van der Waals surface area contributed by atoms with Crippen LogP contribution in [-0.2, 0) is 0 Å². The lowest BCUT2D eigenvalue weighted by Gasteiger charge is -1.79. The molecule has 0 aromatic heterocycles. The van der Waals surface area contributed by atoms with Crippen LogP contribution in [0.25, 0.3) is 0 Å². The number of nitrogens with two attached hydrogens (primary N) is 1. The molecule has 0 amide bonds. The average molecular weight is 179 g/mol. The van der Waals surface area contributed by atoms with E-state index >= 15 is 0 Å². The molecule has 1 heterocycles. The Balaban J connectivity index is 0. The predicted octanol–water partition coefficient (Wildman–Crippen LogP) is -3.15. The van der Waals surface area contributed by atoms with Gasteiger partial charge in [-0.1, -0.05) is 13.3 Å². The Hall–Kier alpha value is -0.380. The van der Waals surface area contributed by atoms with Gasteiger partial charge in [0.1, 0.15) is 6.20 Å². The number of halogens is 1. The highest BCUT2D eigenvalue weighted by molar-refractivity contribution is 5.45. The van der Waals surface area contributed by atoms with Gasteiger partial charge in [0.05, 0.1) is 6.20 Å². The fourth-order valence-electron chi connectivity index (χ4n) is 0.407. The standard InChI is InChI=1S/C4H10O.C3H4N2.ClH/c1-2-3-4-5;1-2-5-3-4-1;/h5H,2-4H2,1H3;1-3H,(H,4,5);1H. The first-order valence-electron chi connectivity index (χ1n) is 3.54. The fraction of sp³-hybridized carbons (Fsp3) is 0.571. The van der Waals surface area contributed by atoms with Crippen LogP contribution in [-0.4, -0.2) is 18.1 Å². The van der Waals surface area contributed by atoms with Gasteiger partial charge >= 0.3 is 0 Å². The molecule has 0 saturated carbocycles. The van der Waals surface area contributed by atoms with E-state index in [-0.39, 0.29) is 12.4 Å². The number of aliphatic hydroxyl groups excluding tert-OH is 1. The zero-order chi connectivity index (χ0) is 7.66. The maximum Gasteiger partial charge on any atom is 0.191 e. The summed E-state index contributed by atoms with van der Waals surface area (Å²) in [7, 11) is 0. The van der Waals surface area contributed by atoms with Gasteiger partial charge in [0.2, 0.25) is 0 Å². The number of aliphatic hydroxyl groups is 1. The van der Waals surface area contributed by atoms with Crippen LogP contribution < -0.4 is 17.7 Å². The number of aliphatic imine (C=N–C) groups is 1. The molecule has 0 fully saturated rings. The van der Waals surface area contributed by atoms with E-state index in [1.165, 1.54) is 0 Å². The number of hydrogen-bond donors (Lipinski definition) is 2. The molecule has 0 aromatic rings. The van der Waals surface area contributed by atoms with E-state index in [1.807, 2.05) is 11.5 Å². The lowest BCUT2D eigenvalue weighted by atomic mass is 10.4. The molecule has 0 spiro atoms. The summed E-state index contributed by atoms with van der Waals surface area (Å²) in [6.07, 6.45) is 7.43. The minimum atomic E-state index is 0. The van der Waals surface area contributed by atoms with Crippen molar-refractivity contribution in [2.45, 2.75) is 19.8 Å². The summed E-state index contributed by atoms with van der Waals surface area (Å²) in [4.78, 5) is 3.72. The Bertz CT molecular complexity index is 103. The molecule has 3 nitrogen and oxygen atoms in total. The molecule has 0 radical (unpaired) electrons. The van der Waals surface area contributed by atoms with Crippen LogP contribution in [0.3, 0.4) is 0 Å². The fourth-order valence-corrected chi connectivity index (χ4v) is 0.407. The quantitative estimate of drug-likeness (QED) is 0.461. The Labute approximate surface area is 73.6 Å². The molecule has 11 heavy (non-hydrogen) atoms. The van der Waals surface area contributed by atoms with Gasteiger partial charge in [0, 0.05) is 6.61 Å². The molecule has 66 valence electrons. The molecule has 0 bridgehead atoms. The summed E-state index contributed by atoms with van der Waals surface area (Å²) in [5.74, 6) is 0. The van der Waals surface area contributed by atoms with Crippen LogP contribution in [0, 0.1) is 0 Å². The van der Waals surface area contributed by atoms with Crippen molar-refractivity contribution in [3.05, 3.63) is 12.4 Å². The Morgan fingerprint density at radius 1 is 1.55 bits per heavy atom. The lowest BCUT2D eigenvalue weighted by molar-refractivity contribution is -0.447. The number of unbranched alkanes of at least 4 members (excludes halogenated alkanes) is 1. The van der Waals surface area contributed by atoms with Crippen molar-refractivity contribution in [2.75, 3.05) is 6.61 Å². The van der Waals surface area contributed by atoms with E-state index in [0.717, 1.165) is 12.8 Å². The molecule has 0 aliphatic carbocycles. The first-order valence-corrected chi connectivity index (χ1v) is 3.54. The minimum absolute atomic E-state index is 0. The second-order valence-electron chi connectivity index (χ2n) is 1.91. The Kier molecular flexibility index (Phi) is 14.8. The Morgan fingerprint density at radius 2 is 2.27 bits per heavy atom. The molecule has 1 rings (SSSR count). The van der Waals surface area contributed by atoms with Gasteiger partial charge in [-0.3, -0.25) is 5.32 Å². The summed E-state index contributed by atoms with van der Waals surface area (Å²) in [5, 5.41) is 9.96. The van der Waals surface area contributed by atoms with E-state index in [4.69, 9.17) is 5.11 Å². The molecular weight excluding hydrogens is 164 g/mol. The zero-order valence-electron chi connectivity index (χ0n) is 6.70. The van der Waals surface area contributed by atoms with Gasteiger partial charge in [-0.2, -0.15) is 0 Å². The smallest absolute Gasteiger partial charge is 0.191 e. The third-order valence-corrected chi connectivity index (χ3v) is 0.967. The number of quaternary nitrogens is 1. The summed E-state index contributed by atoms with van der Waals surface area (Å²) in [6.45, 7) is 2.40. The first kappa shape index (κ1) is 13.2. The summed E-state index contributed by atoms with van der Waals surface area (Å²) < 4.78 is 0. The lowest BCUT2D eigenvalue weighted by Crippen LogP contribution is -3.00. The third kappa shape index (κ3) is 12.7. The predicted molar refractivity (Wildman–Crippen MR) is 41.6 cm³/mol. The van der Waals surface area contributed by atoms with Crippen molar-refractivity contribution in [1.82, 2.24) is 0 Å². The molecular formula is C7H15ClN2O. The summed E-state index contributed by atoms with van der Waals surface area (Å²) in [5.41, 5.74) is 0. The van der Waals surface area contributed by atoms with Gasteiger partial charge in [0.25, 0.3) is 0 Å². The normalized spacial score (nSPS) is 11.8. The van der Waals surface area contributed by atoms with E-state index in [1.54, 1.807) is 12.5 Å². The second-order valence-corrected chi connectivity index (χ2v) is 1.91. The molecule has 0 saturated heterocycles. The second kappa shape index (κ2) is 12.3. The Morgan fingerprint density at radius 3 is 2.36 bits per heavy atom. The highest BCUT2D eigenvalue weighted by Crippen LogP contribution is 1.78. The highest BCUT2D eigenvalue weighted by Gasteiger charge is 1.76. The van der Waals surface area contributed by atoms with Crippen molar-refractivity contribution in [2.24, 2.45) is 4.99 Å². The van der Waals surface area contributed by atoms with Gasteiger partial charge in [-0.05, 0) is 6.42 Å². The van der Waals surface area contributed by atoms with Gasteiger partial charge in [-0.15, -0.1) is 0 Å². The van der Waals surface area contributed by atoms with E-state index in [2.05, 4.69) is 11.9 Å². The third-order valence-electron chi connectivity index (χ3n) is 0.967. The molecule has 1 aliphatic heterocycles. The van der Waals surface area contributed by atoms with Crippen molar-refractivity contribution < 1.29 is 22.8 Å². The van der Waals surface area contributed by atoms with E-state index in [9.17, 15) is 0 Å². The van der Waals surface area contributed by atoms with E-state index in [0.29, 0.717) is 6.61 Å². The van der Waals surface area contributed by atoms with Crippen molar-refractivity contribution >= 4 is 6.34 Å². The topological polar surface area (TPSA) is 49.2 Å². The molecule has 0 unspecified atom stereocenters. The van der Waals surface area contributed by atoms with Crippen LogP contribution in [0.5, 0.6) is 0 Å².